The van der Waals surface area contributed by atoms with Crippen LogP contribution in [-0.2, 0) is 9.53 Å². The summed E-state index contributed by atoms with van der Waals surface area (Å²) in [5.74, 6) is 0.619. The molecule has 0 aromatic carbocycles. The molecule has 0 amide bonds. The lowest BCUT2D eigenvalue weighted by molar-refractivity contribution is -0.144. The fraction of sp³-hybridized carbons (Fsp3) is 0.909. The van der Waals surface area contributed by atoms with Crippen LogP contribution in [0.4, 0.5) is 0 Å². The minimum atomic E-state index is -0.951. The van der Waals surface area contributed by atoms with Crippen LogP contribution < -0.4 is 0 Å². The highest BCUT2D eigenvalue weighted by Crippen LogP contribution is 2.34. The molecule has 1 fully saturated rings. The van der Waals surface area contributed by atoms with Crippen molar-refractivity contribution < 1.29 is 9.53 Å². The zero-order valence-electron chi connectivity index (χ0n) is 9.64. The Morgan fingerprint density at radius 1 is 1.50 bits per heavy atom. The van der Waals surface area contributed by atoms with Crippen molar-refractivity contribution in [1.82, 2.24) is 0 Å². The second kappa shape index (κ2) is 4.96. The summed E-state index contributed by atoms with van der Waals surface area (Å²) < 4.78 is 4.99. The van der Waals surface area contributed by atoms with Gasteiger partial charge in [-0.1, -0.05) is 38.0 Å². The Labute approximate surface area is 88.0 Å². The van der Waals surface area contributed by atoms with Crippen LogP contribution in [0.25, 0.3) is 0 Å². The fourth-order valence-electron chi connectivity index (χ4n) is 2.48. The van der Waals surface area contributed by atoms with Gasteiger partial charge in [0.2, 0.25) is 0 Å². The first-order valence-electron chi connectivity index (χ1n) is 5.69. The molecule has 0 aromatic rings. The molecule has 1 rings (SSSR count). The molecule has 1 saturated heterocycles. The van der Waals surface area contributed by atoms with E-state index in [2.05, 4.69) is 13.1 Å². The van der Waals surface area contributed by atoms with Crippen LogP contribution in [0, 0.1) is 5.92 Å². The molecule has 0 N–H and O–H groups in total. The van der Waals surface area contributed by atoms with E-state index in [9.17, 15) is 4.79 Å². The molecule has 1 aliphatic heterocycles. The van der Waals surface area contributed by atoms with Gasteiger partial charge in [0, 0.05) is 14.5 Å². The predicted molar refractivity (Wildman–Crippen MR) is 61.1 cm³/mol. The third-order valence-electron chi connectivity index (χ3n) is 3.07. The second-order valence-electron chi connectivity index (χ2n) is 5.14. The summed E-state index contributed by atoms with van der Waals surface area (Å²) in [7, 11) is -0.951. The number of ether oxygens (including phenoxy) is 1. The van der Waals surface area contributed by atoms with E-state index < -0.39 is 8.07 Å². The molecule has 1 aliphatic rings. The summed E-state index contributed by atoms with van der Waals surface area (Å²) in [4.78, 5) is 11.3. The summed E-state index contributed by atoms with van der Waals surface area (Å²) in [5.41, 5.74) is 0. The number of hydrogen-bond acceptors (Lipinski definition) is 2. The molecular weight excluding hydrogens is 192 g/mol. The van der Waals surface area contributed by atoms with Crippen molar-refractivity contribution in [2.75, 3.05) is 6.61 Å². The van der Waals surface area contributed by atoms with Gasteiger partial charge in [-0.3, -0.25) is 4.79 Å². The number of rotatable bonds is 3. The second-order valence-corrected chi connectivity index (χ2v) is 10.4. The number of hydrogen-bond donors (Lipinski definition) is 0. The van der Waals surface area contributed by atoms with Crippen LogP contribution >= 0.6 is 0 Å². The molecule has 2 nitrogen and oxygen atoms in total. The van der Waals surface area contributed by atoms with Gasteiger partial charge in [-0.2, -0.15) is 0 Å². The minimum absolute atomic E-state index is 0.00389. The molecular formula is C11H22O2Si. The standard InChI is InChI=1S/C11H22O2Si/c1-4-13-11(12)8-10-6-5-7-14(2,3)9-10/h10H,4-9H2,1-3H3. The maximum Gasteiger partial charge on any atom is 0.306 e. The third kappa shape index (κ3) is 3.82. The maximum atomic E-state index is 11.3. The van der Waals surface area contributed by atoms with E-state index in [4.69, 9.17) is 4.74 Å². The summed E-state index contributed by atoms with van der Waals surface area (Å²) in [6.45, 7) is 7.26. The number of carbonyl (C=O) groups excluding carboxylic acids is 1. The zero-order valence-corrected chi connectivity index (χ0v) is 10.6. The van der Waals surface area contributed by atoms with Gasteiger partial charge >= 0.3 is 5.97 Å². The minimum Gasteiger partial charge on any atom is -0.466 e. The number of carbonyl (C=O) groups is 1. The summed E-state index contributed by atoms with van der Waals surface area (Å²) in [6, 6.07) is 2.75. The van der Waals surface area contributed by atoms with E-state index in [1.165, 1.54) is 24.9 Å². The lowest BCUT2D eigenvalue weighted by Crippen LogP contribution is -2.33. The quantitative estimate of drug-likeness (QED) is 0.533. The van der Waals surface area contributed by atoms with E-state index in [0.717, 1.165) is 0 Å². The summed E-state index contributed by atoms with van der Waals surface area (Å²) >= 11 is 0. The molecule has 3 heteroatoms. The average molecular weight is 214 g/mol. The molecule has 0 spiro atoms. The van der Waals surface area contributed by atoms with Crippen molar-refractivity contribution >= 4 is 14.0 Å². The first kappa shape index (κ1) is 11.8. The van der Waals surface area contributed by atoms with Gasteiger partial charge in [0.25, 0.3) is 0 Å². The fourth-order valence-corrected chi connectivity index (χ4v) is 5.76. The van der Waals surface area contributed by atoms with Crippen molar-refractivity contribution in [1.29, 1.82) is 0 Å². The van der Waals surface area contributed by atoms with Crippen LogP contribution in [0.2, 0.25) is 25.2 Å². The van der Waals surface area contributed by atoms with E-state index in [1.807, 2.05) is 6.92 Å². The molecule has 1 heterocycles. The van der Waals surface area contributed by atoms with E-state index in [-0.39, 0.29) is 5.97 Å². The van der Waals surface area contributed by atoms with Crippen molar-refractivity contribution in [3.05, 3.63) is 0 Å². The monoisotopic (exact) mass is 214 g/mol. The molecule has 0 radical (unpaired) electrons. The lowest BCUT2D eigenvalue weighted by Gasteiger charge is -2.33. The Kier molecular flexibility index (Phi) is 4.17. The topological polar surface area (TPSA) is 26.3 Å². The predicted octanol–water partition coefficient (Wildman–Crippen LogP) is 3.06. The first-order chi connectivity index (χ1) is 6.53. The maximum absolute atomic E-state index is 11.3. The smallest absolute Gasteiger partial charge is 0.306 e. The van der Waals surface area contributed by atoms with Crippen LogP contribution in [0.3, 0.4) is 0 Å². The van der Waals surface area contributed by atoms with Crippen molar-refractivity contribution in [2.45, 2.75) is 51.4 Å². The zero-order chi connectivity index (χ0) is 10.6. The molecule has 0 aliphatic carbocycles. The first-order valence-corrected chi connectivity index (χ1v) is 9.10. The van der Waals surface area contributed by atoms with Crippen molar-refractivity contribution in [2.24, 2.45) is 5.92 Å². The SMILES string of the molecule is CCOC(=O)CC1CCC[Si](C)(C)C1. The van der Waals surface area contributed by atoms with Gasteiger partial charge in [-0.25, -0.2) is 0 Å². The molecule has 1 unspecified atom stereocenters. The highest BCUT2D eigenvalue weighted by molar-refractivity contribution is 6.77. The van der Waals surface area contributed by atoms with Crippen molar-refractivity contribution in [3.8, 4) is 0 Å². The van der Waals surface area contributed by atoms with Crippen LogP contribution in [0.5, 0.6) is 0 Å². The Bertz CT molecular complexity index is 201. The Hall–Kier alpha value is -0.313. The van der Waals surface area contributed by atoms with Gasteiger partial charge in [-0.05, 0) is 12.8 Å². The van der Waals surface area contributed by atoms with Crippen molar-refractivity contribution in [3.63, 3.8) is 0 Å². The molecule has 0 aromatic heterocycles. The highest BCUT2D eigenvalue weighted by atomic mass is 28.3. The Morgan fingerprint density at radius 3 is 2.79 bits per heavy atom. The molecule has 0 saturated carbocycles. The Morgan fingerprint density at radius 2 is 2.21 bits per heavy atom. The summed E-state index contributed by atoms with van der Waals surface area (Å²) in [5, 5.41) is 0. The van der Waals surface area contributed by atoms with Gasteiger partial charge in [0.15, 0.2) is 0 Å². The highest BCUT2D eigenvalue weighted by Gasteiger charge is 2.30. The Balaban J connectivity index is 2.34. The summed E-state index contributed by atoms with van der Waals surface area (Å²) in [6.07, 6.45) is 3.21. The van der Waals surface area contributed by atoms with Crippen LogP contribution in [0.15, 0.2) is 0 Å². The third-order valence-corrected chi connectivity index (χ3v) is 6.46. The molecule has 14 heavy (non-hydrogen) atoms. The average Bonchev–Trinajstić information content (AvgIpc) is 2.02. The lowest BCUT2D eigenvalue weighted by atomic mass is 10.0. The van der Waals surface area contributed by atoms with Crippen LogP contribution in [0.1, 0.15) is 26.2 Å². The van der Waals surface area contributed by atoms with E-state index >= 15 is 0 Å². The molecule has 0 bridgehead atoms. The van der Waals surface area contributed by atoms with Gasteiger partial charge in [-0.15, -0.1) is 0 Å². The van der Waals surface area contributed by atoms with E-state index in [1.54, 1.807) is 0 Å². The number of esters is 1. The van der Waals surface area contributed by atoms with Gasteiger partial charge in [0.05, 0.1) is 6.61 Å². The molecule has 1 atom stereocenters. The largest absolute Gasteiger partial charge is 0.466 e. The van der Waals surface area contributed by atoms with Gasteiger partial charge in [0.1, 0.15) is 0 Å². The van der Waals surface area contributed by atoms with Crippen LogP contribution in [-0.4, -0.2) is 20.7 Å². The molecule has 82 valence electrons. The normalized spacial score (nSPS) is 25.8. The van der Waals surface area contributed by atoms with E-state index in [0.29, 0.717) is 18.9 Å². The van der Waals surface area contributed by atoms with Gasteiger partial charge < -0.3 is 4.74 Å².